The van der Waals surface area contributed by atoms with Gasteiger partial charge in [0.2, 0.25) is 0 Å². The lowest BCUT2D eigenvalue weighted by Gasteiger charge is -2.61. The maximum absolute atomic E-state index is 13.2. The van der Waals surface area contributed by atoms with E-state index in [1.54, 1.807) is 0 Å². The fraction of sp³-hybridized carbons (Fsp3) is 0.621. The molecule has 442 valence electrons. The molecule has 0 aromatic heterocycles. The maximum atomic E-state index is 13.2. The van der Waals surface area contributed by atoms with E-state index >= 15 is 0 Å². The minimum Gasteiger partial charge on any atom is -0.550 e. The normalized spacial score (nSPS) is 28.2. The zero-order chi connectivity index (χ0) is 58.5. The number of hydrogen-bond acceptors (Lipinski definition) is 16. The van der Waals surface area contributed by atoms with E-state index in [0.717, 1.165) is 40.7 Å². The van der Waals surface area contributed by atoms with Crippen molar-refractivity contribution in [3.8, 4) is 11.5 Å². The molecule has 4 aliphatic carbocycles. The summed E-state index contributed by atoms with van der Waals surface area (Å²) in [6.07, 6.45) is 5.24. The van der Waals surface area contributed by atoms with Gasteiger partial charge in [0, 0.05) is 115 Å². The summed E-state index contributed by atoms with van der Waals surface area (Å²) in [6.45, 7) is 28.6. The molecule has 22 heteroatoms. The molecule has 0 amide bonds. The Morgan fingerprint density at radius 2 is 0.850 bits per heavy atom. The number of carbonyl (C=O) groups excluding carboxylic acids is 4. The first kappa shape index (κ1) is 67.1. The Morgan fingerprint density at radius 1 is 0.500 bits per heavy atom. The number of ether oxygens (including phenoxy) is 2. The quantitative estimate of drug-likeness (QED) is 0.115. The van der Waals surface area contributed by atoms with Gasteiger partial charge in [0.15, 0.2) is 11.5 Å². The number of esters is 2. The fourth-order valence-electron chi connectivity index (χ4n) is 13.3. The van der Waals surface area contributed by atoms with Gasteiger partial charge < -0.3 is 29.3 Å². The van der Waals surface area contributed by atoms with Crippen LogP contribution >= 0.6 is 136 Å². The van der Waals surface area contributed by atoms with Crippen LogP contribution < -0.4 is 19.7 Å². The van der Waals surface area contributed by atoms with Crippen molar-refractivity contribution < 1.29 is 38.9 Å². The van der Waals surface area contributed by atoms with Gasteiger partial charge in [-0.25, -0.2) is 4.79 Å². The molecule has 6 heterocycles. The topological polar surface area (TPSA) is 159 Å². The maximum Gasteiger partial charge on any atom is 0.343 e. The van der Waals surface area contributed by atoms with Gasteiger partial charge in [0.05, 0.1) is 31.2 Å². The SMILES string of the molecule is CC(C)N1CCN2CCN(C(C)C)C1N(C(C)C)CC2.CN1CCN2CCN(C)C1N(C)CC2.O=C([O-])C12CC3CC(C1)CC(C(=O)Oc1c(I)cc(I)cc1I)(C3)C2.O=C([O-])c1ccc(C(=O)Oc2c(I)cc(I)cc2I)cc1. The zero-order valence-electron chi connectivity index (χ0n) is 47.5. The molecular formula is C58H78I6N8O8-2. The Hall–Kier alpha value is -0.400. The summed E-state index contributed by atoms with van der Waals surface area (Å²) in [4.78, 5) is 68.5. The highest BCUT2D eigenvalue weighted by atomic mass is 127. The van der Waals surface area contributed by atoms with Crippen LogP contribution in [0.3, 0.4) is 0 Å². The number of benzene rings is 3. The van der Waals surface area contributed by atoms with Gasteiger partial charge >= 0.3 is 11.9 Å². The number of carbonyl (C=O) groups is 4. The number of likely N-dealkylation sites (N-methyl/N-ethyl adjacent to an activating group) is 3. The lowest BCUT2D eigenvalue weighted by molar-refractivity contribution is -0.328. The van der Waals surface area contributed by atoms with Crippen molar-refractivity contribution in [3.05, 3.63) is 81.1 Å². The molecule has 10 aliphatic rings. The third-order valence-corrected chi connectivity index (χ3v) is 21.4. The van der Waals surface area contributed by atoms with E-state index in [4.69, 9.17) is 9.47 Å². The number of carboxylic acids is 2. The monoisotopic (exact) mass is 1780 g/mol. The molecule has 2 atom stereocenters. The number of aromatic carboxylic acids is 1. The molecule has 0 N–H and O–H groups in total. The number of halogens is 6. The van der Waals surface area contributed by atoms with Crippen LogP contribution in [0.25, 0.3) is 0 Å². The van der Waals surface area contributed by atoms with Crippen molar-refractivity contribution in [2.75, 3.05) is 99.7 Å². The van der Waals surface area contributed by atoms with Crippen molar-refractivity contribution in [2.24, 2.45) is 22.7 Å². The van der Waals surface area contributed by atoms with Crippen molar-refractivity contribution in [1.82, 2.24) is 39.2 Å². The average molecular weight is 1780 g/mol. The highest BCUT2D eigenvalue weighted by Crippen LogP contribution is 2.65. The van der Waals surface area contributed by atoms with Crippen LogP contribution in [0.15, 0.2) is 48.5 Å². The second-order valence-corrected chi connectivity index (χ2v) is 30.8. The Morgan fingerprint density at radius 3 is 1.21 bits per heavy atom. The van der Waals surface area contributed by atoms with Crippen LogP contribution in [0, 0.1) is 44.1 Å². The predicted octanol–water partition coefficient (Wildman–Crippen LogP) is 7.95. The molecule has 13 rings (SSSR count). The second kappa shape index (κ2) is 29.5. The summed E-state index contributed by atoms with van der Waals surface area (Å²) in [5.74, 6) is -1.31. The number of aliphatic carboxylic acids is 1. The molecule has 16 nitrogen and oxygen atoms in total. The molecule has 10 fully saturated rings. The van der Waals surface area contributed by atoms with Gasteiger partial charge in [-0.3, -0.25) is 44.0 Å². The van der Waals surface area contributed by atoms with Gasteiger partial charge in [0.1, 0.15) is 12.6 Å². The Labute approximate surface area is 556 Å². The highest BCUT2D eigenvalue weighted by Gasteiger charge is 2.62. The minimum atomic E-state index is -1.28. The number of carboxylic acid groups (broad SMARTS) is 2. The summed E-state index contributed by atoms with van der Waals surface area (Å²) in [7, 11) is 6.69. The second-order valence-electron chi connectivity index (χ2n) is 23.7. The first-order valence-electron chi connectivity index (χ1n) is 27.8. The molecule has 3 aromatic rings. The summed E-state index contributed by atoms with van der Waals surface area (Å²) >= 11 is 13.0. The molecule has 80 heavy (non-hydrogen) atoms. The van der Waals surface area contributed by atoms with Crippen LogP contribution in [-0.2, 0) is 9.59 Å². The standard InChI is InChI=1S/C18H17I3O4.C16H34N4.C14H7I3O4.C10H22N4/c19-11-2-12(20)14(13(21)3-11)25-16(24)18-6-9-1-10(7-18)5-17(4-9,8-18)15(22)23;1-13(2)18-10-7-17-8-11-19(14(3)4)16(18)20(12-9-17)15(5)6;15-9-5-10(16)12(11(17)6-9)21-14(20)8-3-1-7(2-4-8)13(18)19;1-11-4-7-14-8-5-12(2)10(11)13(3)6-9-14/h2-3,9-10H,1,4-8H2,(H,22,23);13-16H,7-12H2,1-6H3;1-6H,(H,18,19);10H,4-9H2,1-3H3/p-2. The first-order chi connectivity index (χ1) is 37.7. The smallest absolute Gasteiger partial charge is 0.343 e. The van der Waals surface area contributed by atoms with Crippen LogP contribution in [0.4, 0.5) is 0 Å². The van der Waals surface area contributed by atoms with Crippen LogP contribution in [0.5, 0.6) is 11.5 Å². The molecule has 3 aromatic carbocycles. The van der Waals surface area contributed by atoms with Crippen molar-refractivity contribution >= 4 is 159 Å². The summed E-state index contributed by atoms with van der Waals surface area (Å²) in [5.41, 5.74) is -1.18. The molecule has 0 spiro atoms. The molecular weight excluding hydrogens is 1700 g/mol. The highest BCUT2D eigenvalue weighted by molar-refractivity contribution is 14.1. The lowest BCUT2D eigenvalue weighted by Crippen LogP contribution is -2.69. The molecule has 4 saturated carbocycles. The van der Waals surface area contributed by atoms with E-state index in [1.165, 1.54) is 103 Å². The summed E-state index contributed by atoms with van der Waals surface area (Å²) in [5, 5.41) is 22.5. The van der Waals surface area contributed by atoms with Gasteiger partial charge in [-0.2, -0.15) is 0 Å². The minimum absolute atomic E-state index is 0.0185. The van der Waals surface area contributed by atoms with Gasteiger partial charge in [-0.15, -0.1) is 0 Å². The van der Waals surface area contributed by atoms with Gasteiger partial charge in [-0.1, -0.05) is 12.1 Å². The van der Waals surface area contributed by atoms with E-state index in [0.29, 0.717) is 73.3 Å². The average Bonchev–Trinajstić information content (AvgIpc) is 3.45. The molecule has 6 aliphatic heterocycles. The lowest BCUT2D eigenvalue weighted by atomic mass is 9.44. The fourth-order valence-corrected chi connectivity index (χ4v) is 20.9. The van der Waals surface area contributed by atoms with Crippen molar-refractivity contribution in [3.63, 3.8) is 0 Å². The van der Waals surface area contributed by atoms with E-state index < -0.39 is 28.7 Å². The largest absolute Gasteiger partial charge is 0.550 e. The number of fused-ring (bicyclic) bond motifs is 12. The Kier molecular flexibility index (Phi) is 24.8. The molecule has 6 saturated heterocycles. The summed E-state index contributed by atoms with van der Waals surface area (Å²) in [6, 6.07) is 15.0. The van der Waals surface area contributed by atoms with Crippen LogP contribution in [0.1, 0.15) is 101 Å². The first-order valence-corrected chi connectivity index (χ1v) is 34.3. The van der Waals surface area contributed by atoms with E-state index in [2.05, 4.69) is 237 Å². The van der Waals surface area contributed by atoms with E-state index in [9.17, 15) is 29.4 Å². The third-order valence-electron chi connectivity index (χ3n) is 17.0. The summed E-state index contributed by atoms with van der Waals surface area (Å²) < 4.78 is 16.9. The molecule has 8 bridgehead atoms. The Balaban J connectivity index is 0.000000157. The number of rotatable bonds is 9. The van der Waals surface area contributed by atoms with E-state index in [1.807, 2.05) is 24.3 Å². The predicted molar refractivity (Wildman–Crippen MR) is 359 cm³/mol. The number of nitrogens with zero attached hydrogens (tertiary/aromatic N) is 8. The van der Waals surface area contributed by atoms with Crippen LogP contribution in [0.2, 0.25) is 0 Å². The number of hydrogen-bond donors (Lipinski definition) is 0. The van der Waals surface area contributed by atoms with Gasteiger partial charge in [-0.05, 0) is 291 Å². The Bertz CT molecular complexity index is 2530. The van der Waals surface area contributed by atoms with E-state index in [-0.39, 0.29) is 17.1 Å². The van der Waals surface area contributed by atoms with Crippen molar-refractivity contribution in [2.45, 2.75) is 111 Å². The zero-order valence-corrected chi connectivity index (χ0v) is 60.4. The van der Waals surface area contributed by atoms with Gasteiger partial charge in [0.25, 0.3) is 0 Å². The van der Waals surface area contributed by atoms with Crippen LogP contribution in [-0.4, -0.2) is 193 Å². The third kappa shape index (κ3) is 16.6. The molecule has 0 radical (unpaired) electrons. The van der Waals surface area contributed by atoms with Crippen molar-refractivity contribution in [1.29, 1.82) is 0 Å². The molecule has 2 unspecified atom stereocenters.